The fourth-order valence-corrected chi connectivity index (χ4v) is 3.65. The standard InChI is InChI=1S/C18H19Cl2N3O3/c19-14-3-1-12(17(20)7-14)9-22-6-5-16(10-22)21-15-4-2-13(11-24)18(8-15)23(25)26/h1-4,7-8,16,21,24H,5-6,9-11H2. The van der Waals surface area contributed by atoms with Crippen molar-refractivity contribution in [2.45, 2.75) is 25.6 Å². The third-order valence-corrected chi connectivity index (χ3v) is 5.09. The number of anilines is 1. The maximum absolute atomic E-state index is 11.1. The highest BCUT2D eigenvalue weighted by Crippen LogP contribution is 2.27. The van der Waals surface area contributed by atoms with Crippen LogP contribution in [0.1, 0.15) is 17.5 Å². The summed E-state index contributed by atoms with van der Waals surface area (Å²) in [4.78, 5) is 12.9. The van der Waals surface area contributed by atoms with Crippen LogP contribution in [-0.4, -0.2) is 34.1 Å². The summed E-state index contributed by atoms with van der Waals surface area (Å²) < 4.78 is 0. The van der Waals surface area contributed by atoms with Crippen LogP contribution in [0.2, 0.25) is 10.0 Å². The molecular formula is C18H19Cl2N3O3. The van der Waals surface area contributed by atoms with E-state index in [0.29, 0.717) is 21.3 Å². The summed E-state index contributed by atoms with van der Waals surface area (Å²) in [5, 5.41) is 24.9. The first-order valence-corrected chi connectivity index (χ1v) is 9.03. The molecule has 1 atom stereocenters. The summed E-state index contributed by atoms with van der Waals surface area (Å²) in [6, 6.07) is 10.5. The maximum Gasteiger partial charge on any atom is 0.276 e. The molecule has 0 radical (unpaired) electrons. The average molecular weight is 396 g/mol. The van der Waals surface area contributed by atoms with Gasteiger partial charge < -0.3 is 10.4 Å². The van der Waals surface area contributed by atoms with Gasteiger partial charge in [-0.2, -0.15) is 0 Å². The van der Waals surface area contributed by atoms with E-state index in [1.807, 2.05) is 12.1 Å². The molecule has 0 spiro atoms. The fourth-order valence-electron chi connectivity index (χ4n) is 3.18. The van der Waals surface area contributed by atoms with Crippen LogP contribution in [0, 0.1) is 10.1 Å². The number of aliphatic hydroxyl groups is 1. The van der Waals surface area contributed by atoms with E-state index in [1.165, 1.54) is 6.07 Å². The van der Waals surface area contributed by atoms with E-state index in [2.05, 4.69) is 10.2 Å². The van der Waals surface area contributed by atoms with Gasteiger partial charge >= 0.3 is 0 Å². The van der Waals surface area contributed by atoms with Crippen molar-refractivity contribution < 1.29 is 10.0 Å². The number of halogens is 2. The van der Waals surface area contributed by atoms with Gasteiger partial charge in [-0.05, 0) is 36.2 Å². The molecule has 8 heteroatoms. The maximum atomic E-state index is 11.1. The van der Waals surface area contributed by atoms with Crippen molar-refractivity contribution in [3.8, 4) is 0 Å². The Bertz CT molecular complexity index is 816. The molecule has 0 aromatic heterocycles. The average Bonchev–Trinajstić information content (AvgIpc) is 3.04. The topological polar surface area (TPSA) is 78.6 Å². The van der Waals surface area contributed by atoms with Gasteiger partial charge in [-0.3, -0.25) is 15.0 Å². The van der Waals surface area contributed by atoms with E-state index in [0.717, 1.165) is 31.6 Å². The number of nitro groups is 1. The SMILES string of the molecule is O=[N+]([O-])c1cc(NC2CCN(Cc3ccc(Cl)cc3Cl)C2)ccc1CO. The van der Waals surface area contributed by atoms with Crippen LogP contribution in [0.25, 0.3) is 0 Å². The number of likely N-dealkylation sites (tertiary alicyclic amines) is 1. The molecule has 1 saturated heterocycles. The minimum absolute atomic E-state index is 0.0692. The fraction of sp³-hybridized carbons (Fsp3) is 0.333. The number of nitrogens with one attached hydrogen (secondary N) is 1. The first kappa shape index (κ1) is 18.9. The number of aliphatic hydroxyl groups excluding tert-OH is 1. The number of nitrogens with zero attached hydrogens (tertiary/aromatic N) is 2. The van der Waals surface area contributed by atoms with Gasteiger partial charge in [0, 0.05) is 47.5 Å². The predicted molar refractivity (Wildman–Crippen MR) is 103 cm³/mol. The summed E-state index contributed by atoms with van der Waals surface area (Å²) in [5.74, 6) is 0. The highest BCUT2D eigenvalue weighted by atomic mass is 35.5. The first-order valence-electron chi connectivity index (χ1n) is 8.27. The second-order valence-corrected chi connectivity index (χ2v) is 7.20. The van der Waals surface area contributed by atoms with Gasteiger partial charge in [0.2, 0.25) is 0 Å². The second-order valence-electron chi connectivity index (χ2n) is 6.36. The van der Waals surface area contributed by atoms with E-state index in [1.54, 1.807) is 18.2 Å². The molecule has 2 aromatic rings. The number of benzene rings is 2. The highest BCUT2D eigenvalue weighted by molar-refractivity contribution is 6.35. The third kappa shape index (κ3) is 4.45. The van der Waals surface area contributed by atoms with Crippen LogP contribution in [0.15, 0.2) is 36.4 Å². The van der Waals surface area contributed by atoms with Crippen molar-refractivity contribution in [3.63, 3.8) is 0 Å². The van der Waals surface area contributed by atoms with Crippen LogP contribution in [0.5, 0.6) is 0 Å². The Labute approximate surface area is 161 Å². The summed E-state index contributed by atoms with van der Waals surface area (Å²) >= 11 is 12.2. The predicted octanol–water partition coefficient (Wildman–Crippen LogP) is 4.08. The van der Waals surface area contributed by atoms with Crippen LogP contribution in [0.3, 0.4) is 0 Å². The molecule has 2 N–H and O–H groups in total. The quantitative estimate of drug-likeness (QED) is 0.568. The minimum Gasteiger partial charge on any atom is -0.391 e. The minimum atomic E-state index is -0.472. The molecule has 1 heterocycles. The van der Waals surface area contributed by atoms with Crippen LogP contribution in [0.4, 0.5) is 11.4 Å². The Kier molecular flexibility index (Phi) is 5.98. The number of rotatable bonds is 6. The van der Waals surface area contributed by atoms with E-state index >= 15 is 0 Å². The van der Waals surface area contributed by atoms with Crippen molar-refractivity contribution in [1.29, 1.82) is 0 Å². The molecule has 1 aliphatic heterocycles. The Morgan fingerprint density at radius 3 is 2.69 bits per heavy atom. The van der Waals surface area contributed by atoms with E-state index in [9.17, 15) is 15.2 Å². The van der Waals surface area contributed by atoms with E-state index < -0.39 is 4.92 Å². The zero-order chi connectivity index (χ0) is 18.7. The summed E-state index contributed by atoms with van der Waals surface area (Å²) in [5.41, 5.74) is 1.95. The first-order chi connectivity index (χ1) is 12.5. The molecule has 0 aliphatic carbocycles. The van der Waals surface area contributed by atoms with Crippen LogP contribution in [-0.2, 0) is 13.2 Å². The zero-order valence-electron chi connectivity index (χ0n) is 14.0. The second kappa shape index (κ2) is 8.22. The van der Waals surface area contributed by atoms with Crippen LogP contribution >= 0.6 is 23.2 Å². The largest absolute Gasteiger partial charge is 0.391 e. The number of hydrogen-bond donors (Lipinski definition) is 2. The molecular weight excluding hydrogens is 377 g/mol. The molecule has 1 unspecified atom stereocenters. The summed E-state index contributed by atoms with van der Waals surface area (Å²) in [6.07, 6.45) is 0.931. The molecule has 3 rings (SSSR count). The zero-order valence-corrected chi connectivity index (χ0v) is 15.5. The molecule has 1 aliphatic rings. The molecule has 0 saturated carbocycles. The molecule has 138 valence electrons. The van der Waals surface area contributed by atoms with Crippen molar-refractivity contribution in [2.75, 3.05) is 18.4 Å². The Morgan fingerprint density at radius 2 is 2.00 bits per heavy atom. The Hall–Kier alpha value is -1.86. The van der Waals surface area contributed by atoms with Crippen molar-refractivity contribution >= 4 is 34.6 Å². The smallest absolute Gasteiger partial charge is 0.276 e. The number of hydrogen-bond acceptors (Lipinski definition) is 5. The summed E-state index contributed by atoms with van der Waals surface area (Å²) in [6.45, 7) is 2.11. The summed E-state index contributed by atoms with van der Waals surface area (Å²) in [7, 11) is 0. The lowest BCUT2D eigenvalue weighted by Crippen LogP contribution is -2.26. The van der Waals surface area contributed by atoms with Crippen molar-refractivity contribution in [3.05, 3.63) is 67.7 Å². The monoisotopic (exact) mass is 395 g/mol. The van der Waals surface area contributed by atoms with E-state index in [-0.39, 0.29) is 18.3 Å². The van der Waals surface area contributed by atoms with Gasteiger partial charge in [-0.15, -0.1) is 0 Å². The highest BCUT2D eigenvalue weighted by Gasteiger charge is 2.24. The lowest BCUT2D eigenvalue weighted by Gasteiger charge is -2.18. The Morgan fingerprint density at radius 1 is 1.23 bits per heavy atom. The van der Waals surface area contributed by atoms with Gasteiger partial charge in [0.1, 0.15) is 0 Å². The number of nitro benzene ring substituents is 1. The lowest BCUT2D eigenvalue weighted by molar-refractivity contribution is -0.385. The molecule has 6 nitrogen and oxygen atoms in total. The molecule has 0 amide bonds. The molecule has 0 bridgehead atoms. The van der Waals surface area contributed by atoms with Gasteiger partial charge in [0.15, 0.2) is 0 Å². The molecule has 26 heavy (non-hydrogen) atoms. The van der Waals surface area contributed by atoms with Gasteiger partial charge in [0.05, 0.1) is 17.1 Å². The molecule has 2 aromatic carbocycles. The van der Waals surface area contributed by atoms with Crippen LogP contribution < -0.4 is 5.32 Å². The van der Waals surface area contributed by atoms with Crippen molar-refractivity contribution in [2.24, 2.45) is 0 Å². The molecule has 1 fully saturated rings. The normalized spacial score (nSPS) is 17.4. The van der Waals surface area contributed by atoms with E-state index in [4.69, 9.17) is 23.2 Å². The lowest BCUT2D eigenvalue weighted by atomic mass is 10.1. The Balaban J connectivity index is 1.62. The van der Waals surface area contributed by atoms with Crippen molar-refractivity contribution in [1.82, 2.24) is 4.90 Å². The van der Waals surface area contributed by atoms with Gasteiger partial charge in [-0.25, -0.2) is 0 Å². The third-order valence-electron chi connectivity index (χ3n) is 4.50. The van der Waals surface area contributed by atoms with Gasteiger partial charge in [0.25, 0.3) is 5.69 Å². The van der Waals surface area contributed by atoms with Gasteiger partial charge in [-0.1, -0.05) is 29.3 Å².